The molecule has 7 heteroatoms. The lowest BCUT2D eigenvalue weighted by atomic mass is 10.0. The van der Waals surface area contributed by atoms with Crippen molar-refractivity contribution in [3.63, 3.8) is 0 Å². The first-order valence-electron chi connectivity index (χ1n) is 10.4. The molecule has 7 nitrogen and oxygen atoms in total. The molecule has 2 aromatic rings. The monoisotopic (exact) mass is 426 g/mol. The SMILES string of the molecule is CC(=O)Oc1cccc(C(=O)NCCCNC(=O)C(C)Oc2ccc(C(C)C)cc2)c1. The molecule has 0 aliphatic heterocycles. The van der Waals surface area contributed by atoms with E-state index in [1.54, 1.807) is 25.1 Å². The Balaban J connectivity index is 1.69. The maximum absolute atomic E-state index is 12.2. The van der Waals surface area contributed by atoms with Gasteiger partial charge in [0, 0.05) is 25.6 Å². The van der Waals surface area contributed by atoms with Crippen LogP contribution in [-0.2, 0) is 9.59 Å². The number of esters is 1. The fourth-order valence-electron chi connectivity index (χ4n) is 2.80. The Kier molecular flexibility index (Phi) is 9.06. The molecule has 0 heterocycles. The first kappa shape index (κ1) is 23.9. The molecule has 0 saturated carbocycles. The van der Waals surface area contributed by atoms with Crippen LogP contribution in [-0.4, -0.2) is 37.0 Å². The van der Waals surface area contributed by atoms with Gasteiger partial charge in [0.15, 0.2) is 6.10 Å². The number of carbonyl (C=O) groups is 3. The van der Waals surface area contributed by atoms with Gasteiger partial charge in [-0.25, -0.2) is 0 Å². The van der Waals surface area contributed by atoms with Crippen LogP contribution in [0.15, 0.2) is 48.5 Å². The number of nitrogens with one attached hydrogen (secondary N) is 2. The minimum Gasteiger partial charge on any atom is -0.481 e. The molecule has 0 saturated heterocycles. The normalized spacial score (nSPS) is 11.5. The first-order chi connectivity index (χ1) is 14.8. The van der Waals surface area contributed by atoms with Crippen molar-refractivity contribution in [2.24, 2.45) is 0 Å². The van der Waals surface area contributed by atoms with Crippen LogP contribution >= 0.6 is 0 Å². The summed E-state index contributed by atoms with van der Waals surface area (Å²) in [7, 11) is 0. The number of ether oxygens (including phenoxy) is 2. The van der Waals surface area contributed by atoms with Crippen molar-refractivity contribution in [2.45, 2.75) is 46.1 Å². The van der Waals surface area contributed by atoms with Crippen molar-refractivity contribution in [3.8, 4) is 11.5 Å². The third-order valence-corrected chi connectivity index (χ3v) is 4.52. The van der Waals surface area contributed by atoms with Crippen molar-refractivity contribution >= 4 is 17.8 Å². The van der Waals surface area contributed by atoms with E-state index in [0.29, 0.717) is 42.5 Å². The maximum atomic E-state index is 12.2. The molecule has 0 fully saturated rings. The highest BCUT2D eigenvalue weighted by molar-refractivity contribution is 5.94. The van der Waals surface area contributed by atoms with Crippen LogP contribution in [0.3, 0.4) is 0 Å². The Morgan fingerprint density at radius 3 is 2.23 bits per heavy atom. The van der Waals surface area contributed by atoms with Crippen molar-refractivity contribution in [2.75, 3.05) is 13.1 Å². The average Bonchev–Trinajstić information content (AvgIpc) is 2.73. The molecular formula is C24H30N2O5. The number of amides is 2. The van der Waals surface area contributed by atoms with Gasteiger partial charge < -0.3 is 20.1 Å². The molecule has 0 aromatic heterocycles. The fraction of sp³-hybridized carbons (Fsp3) is 0.375. The van der Waals surface area contributed by atoms with Gasteiger partial charge in [-0.15, -0.1) is 0 Å². The largest absolute Gasteiger partial charge is 0.481 e. The predicted octanol–water partition coefficient (Wildman–Crippen LogP) is 3.44. The standard InChI is InChI=1S/C24H30N2O5/c1-16(2)19-9-11-21(12-10-19)30-17(3)23(28)25-13-6-14-26-24(29)20-7-5-8-22(15-20)31-18(4)27/h5,7-12,15-17H,6,13-14H2,1-4H3,(H,25,28)(H,26,29). The van der Waals surface area contributed by atoms with E-state index in [-0.39, 0.29) is 11.8 Å². The predicted molar refractivity (Wildman–Crippen MR) is 118 cm³/mol. The van der Waals surface area contributed by atoms with Crippen LogP contribution in [0.25, 0.3) is 0 Å². The molecule has 0 aliphatic carbocycles. The van der Waals surface area contributed by atoms with Crippen LogP contribution in [0.2, 0.25) is 0 Å². The van der Waals surface area contributed by atoms with Gasteiger partial charge in [0.2, 0.25) is 0 Å². The molecule has 0 aliphatic rings. The van der Waals surface area contributed by atoms with Crippen LogP contribution in [0.1, 0.15) is 56.0 Å². The van der Waals surface area contributed by atoms with E-state index in [2.05, 4.69) is 24.5 Å². The minimum absolute atomic E-state index is 0.214. The molecular weight excluding hydrogens is 396 g/mol. The molecule has 2 rings (SSSR count). The first-order valence-corrected chi connectivity index (χ1v) is 10.4. The van der Waals surface area contributed by atoms with Crippen LogP contribution < -0.4 is 20.1 Å². The number of carbonyl (C=O) groups excluding carboxylic acids is 3. The molecule has 2 aromatic carbocycles. The van der Waals surface area contributed by atoms with Gasteiger partial charge in [-0.2, -0.15) is 0 Å². The summed E-state index contributed by atoms with van der Waals surface area (Å²) in [6.07, 6.45) is -0.0554. The lowest BCUT2D eigenvalue weighted by Crippen LogP contribution is -2.37. The molecule has 2 N–H and O–H groups in total. The summed E-state index contributed by atoms with van der Waals surface area (Å²) < 4.78 is 10.7. The maximum Gasteiger partial charge on any atom is 0.308 e. The second-order valence-electron chi connectivity index (χ2n) is 7.51. The van der Waals surface area contributed by atoms with Crippen LogP contribution in [0, 0.1) is 0 Å². The average molecular weight is 427 g/mol. The van der Waals surface area contributed by atoms with Gasteiger partial charge in [-0.3, -0.25) is 14.4 Å². The quantitative estimate of drug-likeness (QED) is 0.345. The molecule has 166 valence electrons. The summed E-state index contributed by atoms with van der Waals surface area (Å²) in [6.45, 7) is 8.04. The zero-order valence-electron chi connectivity index (χ0n) is 18.4. The zero-order chi connectivity index (χ0) is 22.8. The Morgan fingerprint density at radius 2 is 1.58 bits per heavy atom. The Bertz CT molecular complexity index is 893. The zero-order valence-corrected chi connectivity index (χ0v) is 18.4. The summed E-state index contributed by atoms with van der Waals surface area (Å²) in [5.74, 6) is 0.470. The highest BCUT2D eigenvalue weighted by atomic mass is 16.5. The lowest BCUT2D eigenvalue weighted by Gasteiger charge is -2.15. The Hall–Kier alpha value is -3.35. The summed E-state index contributed by atoms with van der Waals surface area (Å²) in [4.78, 5) is 35.4. The van der Waals surface area contributed by atoms with Gasteiger partial charge in [-0.05, 0) is 55.2 Å². The molecule has 1 unspecified atom stereocenters. The number of hydrogen-bond donors (Lipinski definition) is 2. The number of benzene rings is 2. The Labute approximate surface area is 183 Å². The third kappa shape index (κ3) is 8.12. The second kappa shape index (κ2) is 11.7. The van der Waals surface area contributed by atoms with Crippen LogP contribution in [0.5, 0.6) is 11.5 Å². The number of rotatable bonds is 10. The molecule has 0 bridgehead atoms. The Morgan fingerprint density at radius 1 is 0.903 bits per heavy atom. The van der Waals surface area contributed by atoms with E-state index >= 15 is 0 Å². The second-order valence-corrected chi connectivity index (χ2v) is 7.51. The van der Waals surface area contributed by atoms with E-state index in [1.165, 1.54) is 18.6 Å². The van der Waals surface area contributed by atoms with E-state index in [1.807, 2.05) is 24.3 Å². The van der Waals surface area contributed by atoms with E-state index in [0.717, 1.165) is 0 Å². The summed E-state index contributed by atoms with van der Waals surface area (Å²) in [5.41, 5.74) is 1.61. The summed E-state index contributed by atoms with van der Waals surface area (Å²) in [5, 5.41) is 5.58. The van der Waals surface area contributed by atoms with Gasteiger partial charge in [0.05, 0.1) is 0 Å². The van der Waals surface area contributed by atoms with Crippen molar-refractivity contribution in [1.29, 1.82) is 0 Å². The van der Waals surface area contributed by atoms with Crippen LogP contribution in [0.4, 0.5) is 0 Å². The topological polar surface area (TPSA) is 93.7 Å². The van der Waals surface area contributed by atoms with Crippen molar-refractivity contribution in [3.05, 3.63) is 59.7 Å². The third-order valence-electron chi connectivity index (χ3n) is 4.52. The molecule has 31 heavy (non-hydrogen) atoms. The van der Waals surface area contributed by atoms with Gasteiger partial charge in [0.1, 0.15) is 11.5 Å². The fourth-order valence-corrected chi connectivity index (χ4v) is 2.80. The highest BCUT2D eigenvalue weighted by Gasteiger charge is 2.14. The number of hydrogen-bond acceptors (Lipinski definition) is 5. The molecule has 0 radical (unpaired) electrons. The van der Waals surface area contributed by atoms with E-state index in [9.17, 15) is 14.4 Å². The lowest BCUT2D eigenvalue weighted by molar-refractivity contribution is -0.132. The highest BCUT2D eigenvalue weighted by Crippen LogP contribution is 2.19. The minimum atomic E-state index is -0.622. The summed E-state index contributed by atoms with van der Waals surface area (Å²) >= 11 is 0. The molecule has 0 spiro atoms. The summed E-state index contributed by atoms with van der Waals surface area (Å²) in [6, 6.07) is 14.1. The smallest absolute Gasteiger partial charge is 0.308 e. The van der Waals surface area contributed by atoms with E-state index < -0.39 is 12.1 Å². The van der Waals surface area contributed by atoms with Crippen molar-refractivity contribution < 1.29 is 23.9 Å². The van der Waals surface area contributed by atoms with Gasteiger partial charge >= 0.3 is 5.97 Å². The van der Waals surface area contributed by atoms with Gasteiger partial charge in [0.25, 0.3) is 11.8 Å². The van der Waals surface area contributed by atoms with E-state index in [4.69, 9.17) is 9.47 Å². The molecule has 2 amide bonds. The van der Waals surface area contributed by atoms with Gasteiger partial charge in [-0.1, -0.05) is 32.0 Å². The van der Waals surface area contributed by atoms with Crippen molar-refractivity contribution in [1.82, 2.24) is 10.6 Å². The molecule has 1 atom stereocenters.